The van der Waals surface area contributed by atoms with Crippen LogP contribution in [-0.2, 0) is 9.53 Å². The highest BCUT2D eigenvalue weighted by Crippen LogP contribution is 2.17. The zero-order chi connectivity index (χ0) is 14.9. The van der Waals surface area contributed by atoms with Gasteiger partial charge in [0.05, 0.1) is 6.04 Å². The number of alkyl carbamates (subject to hydrolysis) is 1. The van der Waals surface area contributed by atoms with E-state index in [0.717, 1.165) is 5.57 Å². The SMILES string of the molecule is C=C/C(=C\C=C/C)COC(=O)NC(C=O)C(C)(C)C. The number of nitrogens with one attached hydrogen (secondary N) is 1. The summed E-state index contributed by atoms with van der Waals surface area (Å²) in [7, 11) is 0. The van der Waals surface area contributed by atoms with Gasteiger partial charge in [-0.2, -0.15) is 0 Å². The second kappa shape index (κ2) is 8.29. The van der Waals surface area contributed by atoms with Crippen LogP contribution in [0.15, 0.2) is 36.5 Å². The average Bonchev–Trinajstić information content (AvgIpc) is 2.34. The molecule has 0 rings (SSSR count). The molecule has 0 radical (unpaired) electrons. The Balaban J connectivity index is 4.39. The summed E-state index contributed by atoms with van der Waals surface area (Å²) in [5.74, 6) is 0. The van der Waals surface area contributed by atoms with Crippen LogP contribution in [0.3, 0.4) is 0 Å². The van der Waals surface area contributed by atoms with Crippen LogP contribution in [0.5, 0.6) is 0 Å². The van der Waals surface area contributed by atoms with Crippen LogP contribution in [-0.4, -0.2) is 25.0 Å². The monoisotopic (exact) mass is 265 g/mol. The number of amides is 1. The standard InChI is InChI=1S/C15H23NO3/c1-6-8-9-12(7-2)11-19-14(18)16-13(10-17)15(3,4)5/h6-10,13H,2,11H2,1,3-5H3,(H,16,18)/b8-6-,12-9+. The van der Waals surface area contributed by atoms with Crippen LogP contribution in [0.2, 0.25) is 0 Å². The summed E-state index contributed by atoms with van der Waals surface area (Å²) in [6.45, 7) is 11.3. The minimum atomic E-state index is -0.611. The van der Waals surface area contributed by atoms with Crippen LogP contribution in [0, 0.1) is 5.41 Å². The minimum Gasteiger partial charge on any atom is -0.445 e. The third kappa shape index (κ3) is 7.24. The van der Waals surface area contributed by atoms with E-state index in [1.807, 2.05) is 39.8 Å². The molecule has 0 aromatic carbocycles. The van der Waals surface area contributed by atoms with E-state index in [9.17, 15) is 9.59 Å². The fourth-order valence-electron chi connectivity index (χ4n) is 1.17. The first-order chi connectivity index (χ1) is 8.85. The van der Waals surface area contributed by atoms with Crippen LogP contribution in [0.1, 0.15) is 27.7 Å². The molecule has 0 spiro atoms. The summed E-state index contributed by atoms with van der Waals surface area (Å²) < 4.78 is 5.04. The Hall–Kier alpha value is -1.84. The van der Waals surface area contributed by atoms with Crippen molar-refractivity contribution in [2.45, 2.75) is 33.7 Å². The molecule has 4 heteroatoms. The van der Waals surface area contributed by atoms with E-state index in [0.29, 0.717) is 6.29 Å². The van der Waals surface area contributed by atoms with Gasteiger partial charge in [-0.25, -0.2) is 4.79 Å². The molecule has 0 bridgehead atoms. The smallest absolute Gasteiger partial charge is 0.408 e. The lowest BCUT2D eigenvalue weighted by Crippen LogP contribution is -2.45. The summed E-state index contributed by atoms with van der Waals surface area (Å²) in [5.41, 5.74) is 0.440. The molecule has 0 aromatic rings. The highest BCUT2D eigenvalue weighted by molar-refractivity contribution is 5.73. The molecule has 19 heavy (non-hydrogen) atoms. The first kappa shape index (κ1) is 17.2. The maximum atomic E-state index is 11.6. The van der Waals surface area contributed by atoms with Crippen molar-refractivity contribution in [3.05, 3.63) is 36.5 Å². The predicted molar refractivity (Wildman–Crippen MR) is 76.9 cm³/mol. The molecule has 0 heterocycles. The third-order valence-electron chi connectivity index (χ3n) is 2.48. The molecule has 1 amide bonds. The lowest BCUT2D eigenvalue weighted by molar-refractivity contribution is -0.111. The molecule has 1 unspecified atom stereocenters. The van der Waals surface area contributed by atoms with Gasteiger partial charge < -0.3 is 14.8 Å². The number of carbonyl (C=O) groups excluding carboxylic acids is 2. The Morgan fingerprint density at radius 1 is 1.42 bits per heavy atom. The number of aldehydes is 1. The Morgan fingerprint density at radius 3 is 2.47 bits per heavy atom. The molecule has 0 saturated heterocycles. The van der Waals surface area contributed by atoms with E-state index >= 15 is 0 Å². The summed E-state index contributed by atoms with van der Waals surface area (Å²) >= 11 is 0. The van der Waals surface area contributed by atoms with Gasteiger partial charge in [0.1, 0.15) is 12.9 Å². The van der Waals surface area contributed by atoms with Gasteiger partial charge >= 0.3 is 6.09 Å². The molecule has 0 fully saturated rings. The van der Waals surface area contributed by atoms with Gasteiger partial charge in [-0.05, 0) is 17.9 Å². The summed E-state index contributed by atoms with van der Waals surface area (Å²) in [5, 5.41) is 2.53. The van der Waals surface area contributed by atoms with Crippen molar-refractivity contribution >= 4 is 12.4 Å². The van der Waals surface area contributed by atoms with Gasteiger partial charge in [-0.15, -0.1) is 0 Å². The van der Waals surface area contributed by atoms with Crippen LogP contribution in [0.4, 0.5) is 4.79 Å². The van der Waals surface area contributed by atoms with Crippen molar-refractivity contribution in [3.63, 3.8) is 0 Å². The van der Waals surface area contributed by atoms with E-state index in [4.69, 9.17) is 4.74 Å². The van der Waals surface area contributed by atoms with Crippen LogP contribution >= 0.6 is 0 Å². The minimum absolute atomic E-state index is 0.120. The van der Waals surface area contributed by atoms with Gasteiger partial charge in [0, 0.05) is 0 Å². The summed E-state index contributed by atoms with van der Waals surface area (Å²) in [4.78, 5) is 22.5. The molecular formula is C15H23NO3. The average molecular weight is 265 g/mol. The van der Waals surface area contributed by atoms with Gasteiger partial charge in [-0.3, -0.25) is 0 Å². The van der Waals surface area contributed by atoms with Gasteiger partial charge in [0.25, 0.3) is 0 Å². The Bertz CT molecular complexity index is 375. The first-order valence-corrected chi connectivity index (χ1v) is 6.18. The van der Waals surface area contributed by atoms with Crippen molar-refractivity contribution < 1.29 is 14.3 Å². The second-order valence-electron chi connectivity index (χ2n) is 5.17. The van der Waals surface area contributed by atoms with Crippen molar-refractivity contribution in [2.75, 3.05) is 6.61 Å². The van der Waals surface area contributed by atoms with Gasteiger partial charge in [0.2, 0.25) is 0 Å². The number of ether oxygens (including phenoxy) is 1. The number of hydrogen-bond donors (Lipinski definition) is 1. The fourth-order valence-corrected chi connectivity index (χ4v) is 1.17. The van der Waals surface area contributed by atoms with E-state index < -0.39 is 12.1 Å². The first-order valence-electron chi connectivity index (χ1n) is 6.18. The molecule has 0 aliphatic carbocycles. The molecule has 1 atom stereocenters. The molecule has 106 valence electrons. The van der Waals surface area contributed by atoms with Crippen molar-refractivity contribution in [1.29, 1.82) is 0 Å². The van der Waals surface area contributed by atoms with Crippen molar-refractivity contribution in [1.82, 2.24) is 5.32 Å². The molecule has 0 aromatic heterocycles. The van der Waals surface area contributed by atoms with Crippen LogP contribution in [0.25, 0.3) is 0 Å². The maximum absolute atomic E-state index is 11.6. The maximum Gasteiger partial charge on any atom is 0.408 e. The summed E-state index contributed by atoms with van der Waals surface area (Å²) in [6.07, 6.45) is 7.23. The second-order valence-corrected chi connectivity index (χ2v) is 5.17. The van der Waals surface area contributed by atoms with E-state index in [-0.39, 0.29) is 12.0 Å². The fraction of sp³-hybridized carbons (Fsp3) is 0.467. The normalized spacial score (nSPS) is 14.0. The quantitative estimate of drug-likeness (QED) is 0.593. The Morgan fingerprint density at radius 2 is 2.05 bits per heavy atom. The highest BCUT2D eigenvalue weighted by Gasteiger charge is 2.26. The molecule has 0 saturated carbocycles. The van der Waals surface area contributed by atoms with Crippen molar-refractivity contribution in [2.24, 2.45) is 5.41 Å². The lowest BCUT2D eigenvalue weighted by atomic mass is 9.88. The van der Waals surface area contributed by atoms with E-state index in [2.05, 4.69) is 11.9 Å². The highest BCUT2D eigenvalue weighted by atomic mass is 16.5. The zero-order valence-corrected chi connectivity index (χ0v) is 12.1. The van der Waals surface area contributed by atoms with Crippen molar-refractivity contribution in [3.8, 4) is 0 Å². The van der Waals surface area contributed by atoms with E-state index in [1.165, 1.54) is 0 Å². The zero-order valence-electron chi connectivity index (χ0n) is 12.1. The number of allylic oxidation sites excluding steroid dienone is 3. The Kier molecular flexibility index (Phi) is 7.49. The molecule has 0 aliphatic rings. The largest absolute Gasteiger partial charge is 0.445 e. The number of hydrogen-bond acceptors (Lipinski definition) is 3. The van der Waals surface area contributed by atoms with Crippen LogP contribution < -0.4 is 5.32 Å². The van der Waals surface area contributed by atoms with E-state index in [1.54, 1.807) is 12.2 Å². The molecule has 0 aliphatic heterocycles. The number of carbonyl (C=O) groups is 2. The third-order valence-corrected chi connectivity index (χ3v) is 2.48. The van der Waals surface area contributed by atoms with Gasteiger partial charge in [-0.1, -0.05) is 51.7 Å². The molecular weight excluding hydrogens is 242 g/mol. The summed E-state index contributed by atoms with van der Waals surface area (Å²) in [6, 6.07) is -0.577. The topological polar surface area (TPSA) is 55.4 Å². The lowest BCUT2D eigenvalue weighted by Gasteiger charge is -2.26. The molecule has 4 nitrogen and oxygen atoms in total. The Labute approximate surface area is 115 Å². The van der Waals surface area contributed by atoms with Gasteiger partial charge in [0.15, 0.2) is 0 Å². The number of rotatable bonds is 6. The predicted octanol–water partition coefficient (Wildman–Crippen LogP) is 3.01. The molecule has 1 N–H and O–H groups in total.